The summed E-state index contributed by atoms with van der Waals surface area (Å²) in [6, 6.07) is 3.77. The van der Waals surface area contributed by atoms with Crippen LogP contribution in [-0.4, -0.2) is 15.9 Å². The van der Waals surface area contributed by atoms with Crippen molar-refractivity contribution in [2.75, 3.05) is 5.32 Å². The number of nitro benzene ring substituents is 1. The first-order chi connectivity index (χ1) is 9.95. The van der Waals surface area contributed by atoms with Gasteiger partial charge in [-0.05, 0) is 37.7 Å². The van der Waals surface area contributed by atoms with Gasteiger partial charge in [-0.2, -0.15) is 0 Å². The largest absolute Gasteiger partial charge is 0.376 e. The number of nitrogens with one attached hydrogen (secondary N) is 1. The SMILES string of the molecule is Cc1nc2cc(NC3CCC(C)C3C)c([N+](=O)[O-])cc2s1. The molecule has 1 aliphatic rings. The van der Waals surface area contributed by atoms with Crippen LogP contribution in [0.4, 0.5) is 11.4 Å². The zero-order chi connectivity index (χ0) is 15.1. The summed E-state index contributed by atoms with van der Waals surface area (Å²) in [6.07, 6.45) is 2.23. The van der Waals surface area contributed by atoms with Gasteiger partial charge >= 0.3 is 0 Å². The highest BCUT2D eigenvalue weighted by molar-refractivity contribution is 7.18. The van der Waals surface area contributed by atoms with Crippen molar-refractivity contribution in [2.24, 2.45) is 11.8 Å². The molecule has 1 aromatic heterocycles. The molecular formula is C15H19N3O2S. The molecule has 3 rings (SSSR count). The molecule has 5 nitrogen and oxygen atoms in total. The standard InChI is InChI=1S/C15H19N3O2S/c1-8-4-5-11(9(8)2)17-12-6-13-15(21-10(3)16-13)7-14(12)18(19)20/h6-9,11,17H,4-5H2,1-3H3. The van der Waals surface area contributed by atoms with Crippen molar-refractivity contribution in [1.82, 2.24) is 4.98 Å². The third kappa shape index (κ3) is 2.60. The molecule has 1 aromatic carbocycles. The van der Waals surface area contributed by atoms with Crippen LogP contribution in [0.1, 0.15) is 31.7 Å². The van der Waals surface area contributed by atoms with E-state index in [0.717, 1.165) is 21.6 Å². The van der Waals surface area contributed by atoms with Crippen LogP contribution in [0.2, 0.25) is 0 Å². The first-order valence-electron chi connectivity index (χ1n) is 7.28. The lowest BCUT2D eigenvalue weighted by molar-refractivity contribution is -0.383. The molecule has 3 unspecified atom stereocenters. The van der Waals surface area contributed by atoms with Crippen LogP contribution in [0.3, 0.4) is 0 Å². The Morgan fingerprint density at radius 3 is 2.76 bits per heavy atom. The van der Waals surface area contributed by atoms with E-state index in [1.807, 2.05) is 13.0 Å². The van der Waals surface area contributed by atoms with E-state index in [1.54, 1.807) is 6.07 Å². The van der Waals surface area contributed by atoms with Gasteiger partial charge in [-0.25, -0.2) is 4.98 Å². The molecule has 1 fully saturated rings. The lowest BCUT2D eigenvalue weighted by Crippen LogP contribution is -2.24. The molecule has 1 saturated carbocycles. The average Bonchev–Trinajstić information content (AvgIpc) is 2.93. The average molecular weight is 305 g/mol. The lowest BCUT2D eigenvalue weighted by atomic mass is 9.97. The maximum absolute atomic E-state index is 11.3. The molecule has 1 heterocycles. The zero-order valence-electron chi connectivity index (χ0n) is 12.4. The lowest BCUT2D eigenvalue weighted by Gasteiger charge is -2.20. The van der Waals surface area contributed by atoms with Gasteiger partial charge < -0.3 is 5.32 Å². The summed E-state index contributed by atoms with van der Waals surface area (Å²) in [7, 11) is 0. The van der Waals surface area contributed by atoms with Crippen molar-refractivity contribution in [1.29, 1.82) is 0 Å². The van der Waals surface area contributed by atoms with Crippen LogP contribution in [0.15, 0.2) is 12.1 Å². The van der Waals surface area contributed by atoms with Crippen LogP contribution in [0.5, 0.6) is 0 Å². The molecule has 21 heavy (non-hydrogen) atoms. The third-order valence-electron chi connectivity index (χ3n) is 4.62. The van der Waals surface area contributed by atoms with Gasteiger partial charge in [-0.15, -0.1) is 11.3 Å². The van der Waals surface area contributed by atoms with E-state index in [9.17, 15) is 10.1 Å². The van der Waals surface area contributed by atoms with E-state index in [4.69, 9.17) is 0 Å². The van der Waals surface area contributed by atoms with E-state index in [2.05, 4.69) is 24.1 Å². The van der Waals surface area contributed by atoms with Gasteiger partial charge in [0.25, 0.3) is 5.69 Å². The number of benzene rings is 1. The van der Waals surface area contributed by atoms with Gasteiger partial charge in [0, 0.05) is 12.1 Å². The predicted molar refractivity (Wildman–Crippen MR) is 86.0 cm³/mol. The van der Waals surface area contributed by atoms with Gasteiger partial charge in [0.1, 0.15) is 5.69 Å². The van der Waals surface area contributed by atoms with Crippen molar-refractivity contribution in [2.45, 2.75) is 39.7 Å². The van der Waals surface area contributed by atoms with Crippen molar-refractivity contribution >= 4 is 32.9 Å². The fraction of sp³-hybridized carbons (Fsp3) is 0.533. The number of hydrogen-bond acceptors (Lipinski definition) is 5. The molecule has 6 heteroatoms. The summed E-state index contributed by atoms with van der Waals surface area (Å²) in [5.74, 6) is 1.18. The van der Waals surface area contributed by atoms with Gasteiger partial charge in [-0.3, -0.25) is 10.1 Å². The van der Waals surface area contributed by atoms with E-state index in [1.165, 1.54) is 17.8 Å². The normalized spacial score (nSPS) is 25.4. The monoisotopic (exact) mass is 305 g/mol. The fourth-order valence-electron chi connectivity index (χ4n) is 3.11. The van der Waals surface area contributed by atoms with E-state index in [-0.39, 0.29) is 10.6 Å². The Labute approximate surface area is 127 Å². The highest BCUT2D eigenvalue weighted by Gasteiger charge is 2.31. The molecule has 0 spiro atoms. The summed E-state index contributed by atoms with van der Waals surface area (Å²) in [6.45, 7) is 6.38. The van der Waals surface area contributed by atoms with Crippen LogP contribution in [0, 0.1) is 28.9 Å². The van der Waals surface area contributed by atoms with Crippen LogP contribution >= 0.6 is 11.3 Å². The van der Waals surface area contributed by atoms with Crippen LogP contribution < -0.4 is 5.32 Å². The first-order valence-corrected chi connectivity index (χ1v) is 8.09. The number of nitro groups is 1. The Hall–Kier alpha value is -1.69. The maximum Gasteiger partial charge on any atom is 0.293 e. The second-order valence-electron chi connectivity index (χ2n) is 5.99. The van der Waals surface area contributed by atoms with Crippen molar-refractivity contribution in [3.8, 4) is 0 Å². The summed E-state index contributed by atoms with van der Waals surface area (Å²) in [5.41, 5.74) is 1.59. The van der Waals surface area contributed by atoms with Gasteiger partial charge in [0.15, 0.2) is 0 Å². The van der Waals surface area contributed by atoms with Crippen molar-refractivity contribution in [3.63, 3.8) is 0 Å². The molecule has 0 aliphatic heterocycles. The van der Waals surface area contributed by atoms with Crippen LogP contribution in [0.25, 0.3) is 10.2 Å². The molecule has 0 bridgehead atoms. The van der Waals surface area contributed by atoms with Crippen molar-refractivity contribution < 1.29 is 4.92 Å². The molecule has 0 saturated heterocycles. The first kappa shape index (κ1) is 14.3. The number of nitrogens with zero attached hydrogens (tertiary/aromatic N) is 2. The summed E-state index contributed by atoms with van der Waals surface area (Å²) in [4.78, 5) is 15.5. The topological polar surface area (TPSA) is 68.1 Å². The number of aromatic nitrogens is 1. The second kappa shape index (κ2) is 5.26. The Kier molecular flexibility index (Phi) is 3.57. The van der Waals surface area contributed by atoms with Gasteiger partial charge in [0.05, 0.1) is 20.1 Å². The van der Waals surface area contributed by atoms with E-state index < -0.39 is 0 Å². The van der Waals surface area contributed by atoms with Gasteiger partial charge in [-0.1, -0.05) is 13.8 Å². The minimum atomic E-state index is -0.306. The van der Waals surface area contributed by atoms with Gasteiger partial charge in [0.2, 0.25) is 0 Å². The second-order valence-corrected chi connectivity index (χ2v) is 7.23. The van der Waals surface area contributed by atoms with Crippen molar-refractivity contribution in [3.05, 3.63) is 27.3 Å². The number of anilines is 1. The number of thiazole rings is 1. The highest BCUT2D eigenvalue weighted by atomic mass is 32.1. The number of hydrogen-bond donors (Lipinski definition) is 1. The molecule has 0 radical (unpaired) electrons. The zero-order valence-corrected chi connectivity index (χ0v) is 13.2. The highest BCUT2D eigenvalue weighted by Crippen LogP contribution is 2.37. The molecule has 2 aromatic rings. The quantitative estimate of drug-likeness (QED) is 0.675. The number of aryl methyl sites for hydroxylation is 1. The van der Waals surface area contributed by atoms with E-state index in [0.29, 0.717) is 23.6 Å². The fourth-order valence-corrected chi connectivity index (χ4v) is 3.96. The molecule has 0 amide bonds. The number of rotatable bonds is 3. The minimum absolute atomic E-state index is 0.151. The Morgan fingerprint density at radius 1 is 1.38 bits per heavy atom. The summed E-state index contributed by atoms with van der Waals surface area (Å²) in [5, 5.41) is 15.7. The molecule has 1 aliphatic carbocycles. The number of fused-ring (bicyclic) bond motifs is 1. The Balaban J connectivity index is 1.99. The van der Waals surface area contributed by atoms with E-state index >= 15 is 0 Å². The Morgan fingerprint density at radius 2 is 2.14 bits per heavy atom. The maximum atomic E-state index is 11.3. The van der Waals surface area contributed by atoms with Crippen LogP contribution in [-0.2, 0) is 0 Å². The predicted octanol–water partition coefficient (Wildman–Crippen LogP) is 4.36. The molecule has 3 atom stereocenters. The Bertz CT molecular complexity index is 698. The molecular weight excluding hydrogens is 286 g/mol. The third-order valence-corrected chi connectivity index (χ3v) is 5.55. The molecule has 1 N–H and O–H groups in total. The molecule has 112 valence electrons. The smallest absolute Gasteiger partial charge is 0.293 e. The summed E-state index contributed by atoms with van der Waals surface area (Å²) >= 11 is 1.49. The minimum Gasteiger partial charge on any atom is -0.376 e. The summed E-state index contributed by atoms with van der Waals surface area (Å²) < 4.78 is 0.873.